The Bertz CT molecular complexity index is 1230. The van der Waals surface area contributed by atoms with Gasteiger partial charge in [0.2, 0.25) is 0 Å². The largest absolute Gasteiger partial charge is 0.454 e. The van der Waals surface area contributed by atoms with Gasteiger partial charge in [-0.25, -0.2) is 4.79 Å². The molecule has 6 aliphatic rings. The number of carbonyl (C=O) groups is 1. The number of esters is 1. The second kappa shape index (κ2) is 8.40. The number of nitrogens with two attached hydrogens (primary N) is 1. The minimum Gasteiger partial charge on any atom is -0.454 e. The first-order valence-electron chi connectivity index (χ1n) is 14.6. The fourth-order valence-electron chi connectivity index (χ4n) is 11.3. The number of nitrogens with zero attached hydrogens (tertiary/aromatic N) is 1. The molecule has 6 fully saturated rings. The molecule has 5 N–H and O–H groups in total. The van der Waals surface area contributed by atoms with Gasteiger partial charge in [0.05, 0.1) is 29.9 Å². The zero-order chi connectivity index (χ0) is 28.5. The predicted octanol–water partition coefficient (Wildman–Crippen LogP) is 0.960. The molecule has 0 amide bonds. The number of piperidine rings is 1. The van der Waals surface area contributed by atoms with E-state index in [1.165, 1.54) is 0 Å². The van der Waals surface area contributed by atoms with Crippen molar-refractivity contribution in [3.63, 3.8) is 0 Å². The second-order valence-corrected chi connectivity index (χ2v) is 13.2. The van der Waals surface area contributed by atoms with Crippen molar-refractivity contribution in [2.45, 2.75) is 85.8 Å². The van der Waals surface area contributed by atoms with Crippen molar-refractivity contribution in [2.75, 3.05) is 40.2 Å². The van der Waals surface area contributed by atoms with E-state index in [1.807, 2.05) is 6.92 Å². The fraction of sp³-hybridized carbons (Fsp3) is 0.767. The molecule has 40 heavy (non-hydrogen) atoms. The zero-order valence-electron chi connectivity index (χ0n) is 23.7. The number of benzene rings is 1. The molecule has 1 heterocycles. The number of anilines is 1. The minimum absolute atomic E-state index is 0.0966. The summed E-state index contributed by atoms with van der Waals surface area (Å²) in [5.41, 5.74) is -0.285. The number of carbonyl (C=O) groups excluding carboxylic acids is 1. The van der Waals surface area contributed by atoms with E-state index in [-0.39, 0.29) is 36.9 Å². The third kappa shape index (κ3) is 2.69. The van der Waals surface area contributed by atoms with Crippen LogP contribution in [0, 0.1) is 23.2 Å². The molecular formula is C30H42N2O8. The summed E-state index contributed by atoms with van der Waals surface area (Å²) in [6.45, 7) is 3.01. The number of likely N-dealkylation sites (tertiary alicyclic amines) is 1. The SMILES string of the molecule is CCN1C[C@]2(OC(=O)c3ccccc3N)CC[C@H](OC)[C@@]34[C@@H]2C[C@@](O)([C@@H]13)[C@@]1(O)C[C@H](OC)[C@H]2C[C@@H]4[C@]1(O)[C@H]2OC. The number of hydrogen-bond acceptors (Lipinski definition) is 10. The first-order chi connectivity index (χ1) is 19.0. The first kappa shape index (κ1) is 27.1. The molecule has 0 aromatic heterocycles. The molecule has 7 rings (SSSR count). The van der Waals surface area contributed by atoms with Crippen molar-refractivity contribution in [3.05, 3.63) is 29.8 Å². The van der Waals surface area contributed by atoms with E-state index in [1.54, 1.807) is 45.6 Å². The van der Waals surface area contributed by atoms with Crippen LogP contribution in [0.15, 0.2) is 24.3 Å². The van der Waals surface area contributed by atoms with Crippen LogP contribution in [-0.2, 0) is 18.9 Å². The molecule has 1 aliphatic heterocycles. The lowest BCUT2D eigenvalue weighted by Gasteiger charge is -2.71. The van der Waals surface area contributed by atoms with Gasteiger partial charge in [0.25, 0.3) is 0 Å². The van der Waals surface area contributed by atoms with Gasteiger partial charge in [-0.05, 0) is 44.4 Å². The van der Waals surface area contributed by atoms with Crippen molar-refractivity contribution < 1.29 is 39.1 Å². The van der Waals surface area contributed by atoms with Gasteiger partial charge in [-0.2, -0.15) is 0 Å². The minimum atomic E-state index is -1.90. The summed E-state index contributed by atoms with van der Waals surface area (Å²) in [4.78, 5) is 15.9. The number of fused-ring (bicyclic) bond motifs is 2. The number of hydrogen-bond donors (Lipinski definition) is 4. The van der Waals surface area contributed by atoms with Crippen LogP contribution in [0.5, 0.6) is 0 Å². The number of ether oxygens (including phenoxy) is 4. The molecule has 1 aromatic rings. The lowest BCUT2D eigenvalue weighted by molar-refractivity contribution is -0.369. The Morgan fingerprint density at radius 2 is 1.82 bits per heavy atom. The van der Waals surface area contributed by atoms with Gasteiger partial charge >= 0.3 is 5.97 Å². The maximum Gasteiger partial charge on any atom is 0.340 e. The Morgan fingerprint density at radius 3 is 2.48 bits per heavy atom. The maximum absolute atomic E-state index is 13.7. The van der Waals surface area contributed by atoms with Crippen molar-refractivity contribution in [2.24, 2.45) is 23.2 Å². The van der Waals surface area contributed by atoms with Crippen LogP contribution in [0.2, 0.25) is 0 Å². The Kier molecular flexibility index (Phi) is 5.68. The van der Waals surface area contributed by atoms with E-state index in [4.69, 9.17) is 24.7 Å². The quantitative estimate of drug-likeness (QED) is 0.294. The van der Waals surface area contributed by atoms with Gasteiger partial charge in [-0.15, -0.1) is 0 Å². The van der Waals surface area contributed by atoms with Crippen molar-refractivity contribution in [3.8, 4) is 0 Å². The van der Waals surface area contributed by atoms with Crippen LogP contribution in [-0.4, -0.2) is 107 Å². The van der Waals surface area contributed by atoms with E-state index < -0.39 is 51.9 Å². The monoisotopic (exact) mass is 558 g/mol. The third-order valence-electron chi connectivity index (χ3n) is 12.4. The highest BCUT2D eigenvalue weighted by molar-refractivity contribution is 5.95. The van der Waals surface area contributed by atoms with Crippen LogP contribution < -0.4 is 5.73 Å². The van der Waals surface area contributed by atoms with Crippen LogP contribution in [0.25, 0.3) is 0 Å². The number of methoxy groups -OCH3 is 3. The molecule has 220 valence electrons. The van der Waals surface area contributed by atoms with Crippen LogP contribution in [0.3, 0.4) is 0 Å². The third-order valence-corrected chi connectivity index (χ3v) is 12.4. The predicted molar refractivity (Wildman–Crippen MR) is 143 cm³/mol. The molecule has 5 saturated carbocycles. The number of rotatable bonds is 6. The lowest BCUT2D eigenvalue weighted by Crippen LogP contribution is -2.87. The van der Waals surface area contributed by atoms with E-state index >= 15 is 0 Å². The summed E-state index contributed by atoms with van der Waals surface area (Å²) >= 11 is 0. The van der Waals surface area contributed by atoms with E-state index in [2.05, 4.69) is 4.90 Å². The van der Waals surface area contributed by atoms with E-state index in [9.17, 15) is 20.1 Å². The number of likely N-dealkylation sites (N-methyl/N-ethyl adjacent to an activating group) is 1. The Morgan fingerprint density at radius 1 is 1.07 bits per heavy atom. The number of para-hydroxylation sites is 1. The van der Waals surface area contributed by atoms with Gasteiger partial charge in [-0.3, -0.25) is 4.90 Å². The van der Waals surface area contributed by atoms with E-state index in [0.29, 0.717) is 43.6 Å². The summed E-state index contributed by atoms with van der Waals surface area (Å²) in [6.07, 6.45) is 0.509. The molecule has 0 radical (unpaired) electrons. The summed E-state index contributed by atoms with van der Waals surface area (Å²) in [7, 11) is 4.85. The lowest BCUT2D eigenvalue weighted by atomic mass is 9.43. The van der Waals surface area contributed by atoms with Crippen molar-refractivity contribution in [1.29, 1.82) is 0 Å². The molecule has 10 heteroatoms. The fourth-order valence-corrected chi connectivity index (χ4v) is 11.3. The molecule has 10 nitrogen and oxygen atoms in total. The number of aliphatic hydroxyl groups is 3. The molecule has 12 atom stereocenters. The Hall–Kier alpha value is -1.79. The van der Waals surface area contributed by atoms with Gasteiger partial charge in [0.15, 0.2) is 0 Å². The van der Waals surface area contributed by atoms with Crippen molar-refractivity contribution in [1.82, 2.24) is 4.90 Å². The smallest absolute Gasteiger partial charge is 0.340 e. The molecule has 7 bridgehead atoms. The molecule has 0 unspecified atom stereocenters. The standard InChI is InChI=1S/C30H42N2O8/c1-5-32-15-26(40-24(33)16-8-6-7-9-18(16)31)11-10-22(38-3)29-20-12-17-19(37-2)13-28(35,30(20,36)23(17)39-4)27(34,25(29)32)14-21(26)29/h6-9,17,19-23,25,34-36H,5,10-15,31H2,1-4H3/t17-,19+,20+,21-,22+,23+,25-,26-,27-,28+,29-,30+/m1/s1. The molecule has 1 saturated heterocycles. The highest BCUT2D eigenvalue weighted by Crippen LogP contribution is 2.80. The van der Waals surface area contributed by atoms with Gasteiger partial charge in [0.1, 0.15) is 22.4 Å². The van der Waals surface area contributed by atoms with Gasteiger partial charge < -0.3 is 40.0 Å². The van der Waals surface area contributed by atoms with Gasteiger partial charge in [0, 0.05) is 63.2 Å². The highest BCUT2D eigenvalue weighted by atomic mass is 16.6. The van der Waals surface area contributed by atoms with Crippen LogP contribution in [0.1, 0.15) is 49.4 Å². The first-order valence-corrected chi connectivity index (χ1v) is 14.6. The number of nitrogen functional groups attached to an aromatic ring is 1. The summed E-state index contributed by atoms with van der Waals surface area (Å²) in [6, 6.07) is 6.38. The highest BCUT2D eigenvalue weighted by Gasteiger charge is 2.93. The second-order valence-electron chi connectivity index (χ2n) is 13.2. The molecule has 5 aliphatic carbocycles. The van der Waals surface area contributed by atoms with Crippen molar-refractivity contribution >= 4 is 11.7 Å². The van der Waals surface area contributed by atoms with E-state index in [0.717, 1.165) is 0 Å². The topological polar surface area (TPSA) is 144 Å². The average Bonchev–Trinajstić information content (AvgIpc) is 3.32. The Labute approximate surface area is 234 Å². The Balaban J connectivity index is 1.45. The van der Waals surface area contributed by atoms with Gasteiger partial charge in [-0.1, -0.05) is 19.1 Å². The normalized spacial score (nSPS) is 52.0. The zero-order valence-corrected chi connectivity index (χ0v) is 23.7. The van der Waals surface area contributed by atoms with Crippen LogP contribution in [0.4, 0.5) is 5.69 Å². The summed E-state index contributed by atoms with van der Waals surface area (Å²) < 4.78 is 24.7. The molecular weight excluding hydrogens is 516 g/mol. The average molecular weight is 559 g/mol. The van der Waals surface area contributed by atoms with Crippen LogP contribution >= 0.6 is 0 Å². The summed E-state index contributed by atoms with van der Waals surface area (Å²) in [5.74, 6) is -1.49. The molecule has 1 aromatic carbocycles. The molecule has 1 spiro atoms. The maximum atomic E-state index is 13.7. The summed E-state index contributed by atoms with van der Waals surface area (Å²) in [5, 5.41) is 38.5.